The maximum absolute atomic E-state index is 12.7. The monoisotopic (exact) mass is 678 g/mol. The minimum atomic E-state index is -5.19. The fraction of sp³-hybridized carbons (Fsp3) is 0.111. The number of hydrogen-bond donors (Lipinski definition) is 2. The predicted octanol–water partition coefficient (Wildman–Crippen LogP) is -8.84. The van der Waals surface area contributed by atoms with Gasteiger partial charge >= 0.3 is 99.1 Å². The number of fused-ring (bicyclic) bond motifs is 1. The second-order valence-corrected chi connectivity index (χ2v) is 13.2. The van der Waals surface area contributed by atoms with Crippen molar-refractivity contribution in [3.8, 4) is 11.5 Å². The number of rotatable bonds is 9. The largest absolute Gasteiger partial charge is 1.00 e. The second-order valence-electron chi connectivity index (χ2n) is 7.26. The topological polar surface area (TPSA) is 280 Å². The summed E-state index contributed by atoms with van der Waals surface area (Å²) in [7, 11) is -19.4. The first-order valence-electron chi connectivity index (χ1n) is 9.58. The first kappa shape index (κ1) is 40.8. The van der Waals surface area contributed by atoms with E-state index in [9.17, 15) is 53.0 Å². The number of hydrogen-bond acceptors (Lipinski definition) is 14. The van der Waals surface area contributed by atoms with E-state index in [2.05, 4.69) is 14.4 Å². The molecule has 23 heteroatoms. The Hall–Kier alpha value is -0.240. The van der Waals surface area contributed by atoms with Gasteiger partial charge in [-0.1, -0.05) is 23.6 Å². The van der Waals surface area contributed by atoms with Gasteiger partial charge < -0.3 is 14.8 Å². The molecule has 0 aliphatic rings. The summed E-state index contributed by atoms with van der Waals surface area (Å²) in [5.74, 6) is -3.28. The van der Waals surface area contributed by atoms with Crippen molar-refractivity contribution in [1.29, 1.82) is 0 Å². The van der Waals surface area contributed by atoms with Crippen molar-refractivity contribution in [3.63, 3.8) is 0 Å². The average Bonchev–Trinajstić information content (AvgIpc) is 2.76. The van der Waals surface area contributed by atoms with Crippen LogP contribution in [0.15, 0.2) is 67.4 Å². The van der Waals surface area contributed by atoms with Crippen molar-refractivity contribution in [2.75, 3.05) is 12.4 Å². The molecule has 0 saturated heterocycles. The fourth-order valence-electron chi connectivity index (χ4n) is 3.01. The van der Waals surface area contributed by atoms with Crippen LogP contribution in [0.4, 0.5) is 11.4 Å². The molecule has 16 nitrogen and oxygen atoms in total. The molecule has 41 heavy (non-hydrogen) atoms. The Balaban J connectivity index is 0.00000533. The van der Waals surface area contributed by atoms with Gasteiger partial charge in [-0.25, -0.2) is 21.0 Å². The van der Waals surface area contributed by atoms with E-state index in [1.54, 1.807) is 0 Å². The Morgan fingerprint density at radius 1 is 0.780 bits per heavy atom. The van der Waals surface area contributed by atoms with Gasteiger partial charge in [0.2, 0.25) is 0 Å². The Kier molecular flexibility index (Phi) is 15.1. The molecule has 0 heterocycles. The van der Waals surface area contributed by atoms with E-state index < -0.39 is 90.4 Å². The summed E-state index contributed by atoms with van der Waals surface area (Å²) in [6.45, 7) is -0.966. The standard InChI is InChI=1S/C18H16N2O14S4.3Na/c21-15-4-2-11(35(23,24)6-5-34-38(31,32)33)9-14(15)19-20-17-13-3-1-12(36(25,26)27)7-10(13)8-16(18(17)22)37(28,29)30;;;/h1-4,7-9,21-22H,5-6H2,(H,25,26,27)(H,28,29,30)(H,31,32,33);;;/q;3*+1/p-3. The molecule has 0 bridgehead atoms. The molecule has 3 rings (SSSR count). The Bertz CT molecular complexity index is 1920. The number of benzene rings is 3. The van der Waals surface area contributed by atoms with Crippen LogP contribution in [0.1, 0.15) is 0 Å². The van der Waals surface area contributed by atoms with E-state index in [4.69, 9.17) is 4.55 Å². The van der Waals surface area contributed by atoms with Crippen LogP contribution >= 0.6 is 0 Å². The molecule has 0 aromatic heterocycles. The van der Waals surface area contributed by atoms with Crippen LogP contribution in [-0.4, -0.2) is 59.7 Å². The van der Waals surface area contributed by atoms with Gasteiger partial charge in [-0.05, 0) is 35.7 Å². The van der Waals surface area contributed by atoms with E-state index in [0.29, 0.717) is 18.2 Å². The molecule has 0 radical (unpaired) electrons. The molecule has 3 aromatic carbocycles. The van der Waals surface area contributed by atoms with Crippen LogP contribution in [0.2, 0.25) is 0 Å². The van der Waals surface area contributed by atoms with Crippen LogP contribution in [0.5, 0.6) is 11.5 Å². The van der Waals surface area contributed by atoms with Crippen molar-refractivity contribution in [1.82, 2.24) is 0 Å². The Morgan fingerprint density at radius 2 is 1.37 bits per heavy atom. The Labute approximate surface area is 300 Å². The maximum atomic E-state index is 12.7. The summed E-state index contributed by atoms with van der Waals surface area (Å²) in [4.78, 5) is -2.61. The minimum absolute atomic E-state index is 0. The van der Waals surface area contributed by atoms with Gasteiger partial charge in [-0.2, -0.15) is 27.1 Å². The SMILES string of the molecule is O=S(=O)(O)OCCS(=O)(=O)c1ccc([O-])c(N=Nc2c([O-])c(S(=O)(=O)O)cc3cc(S(=O)(=O)[O-])ccc23)c1.[Na+].[Na+].[Na+]. The zero-order valence-electron chi connectivity index (χ0n) is 21.3. The van der Waals surface area contributed by atoms with Crippen LogP contribution < -0.4 is 98.9 Å². The fourth-order valence-corrected chi connectivity index (χ4v) is 5.62. The van der Waals surface area contributed by atoms with Crippen molar-refractivity contribution in [2.24, 2.45) is 10.2 Å². The summed E-state index contributed by atoms with van der Waals surface area (Å²) in [6, 6.07) is 5.34. The molecule has 0 unspecified atom stereocenters. The van der Waals surface area contributed by atoms with Crippen molar-refractivity contribution in [2.45, 2.75) is 14.7 Å². The number of sulfone groups is 1. The van der Waals surface area contributed by atoms with Crippen LogP contribution in [-0.2, 0) is 44.7 Å². The molecule has 0 aliphatic carbocycles. The number of azo groups is 1. The van der Waals surface area contributed by atoms with E-state index in [1.165, 1.54) is 0 Å². The molecule has 2 N–H and O–H groups in total. The van der Waals surface area contributed by atoms with Gasteiger partial charge in [-0.15, -0.1) is 0 Å². The third-order valence-corrected chi connectivity index (χ3v) is 8.53. The molecule has 0 spiro atoms. The minimum Gasteiger partial charge on any atom is -0.871 e. The van der Waals surface area contributed by atoms with Crippen molar-refractivity contribution < 1.29 is 150 Å². The first-order chi connectivity index (χ1) is 17.3. The third kappa shape index (κ3) is 10.7. The molecule has 3 aromatic rings. The van der Waals surface area contributed by atoms with Gasteiger partial charge in [0.05, 0.1) is 38.4 Å². The second kappa shape index (κ2) is 15.2. The average molecular weight is 679 g/mol. The molecule has 206 valence electrons. The predicted molar refractivity (Wildman–Crippen MR) is 121 cm³/mol. The van der Waals surface area contributed by atoms with Gasteiger partial charge in [0.25, 0.3) is 10.1 Å². The summed E-state index contributed by atoms with van der Waals surface area (Å²) < 4.78 is 125. The Morgan fingerprint density at radius 3 is 1.90 bits per heavy atom. The van der Waals surface area contributed by atoms with Crippen LogP contribution in [0.25, 0.3) is 10.8 Å². The van der Waals surface area contributed by atoms with Crippen molar-refractivity contribution >= 4 is 62.6 Å². The summed E-state index contributed by atoms with van der Waals surface area (Å²) >= 11 is 0. The summed E-state index contributed by atoms with van der Waals surface area (Å²) in [5.41, 5.74) is -1.48. The zero-order chi connectivity index (χ0) is 28.7. The molecule has 0 amide bonds. The van der Waals surface area contributed by atoms with E-state index in [0.717, 1.165) is 24.3 Å². The normalized spacial score (nSPS) is 12.4. The van der Waals surface area contributed by atoms with E-state index >= 15 is 0 Å². The maximum Gasteiger partial charge on any atom is 1.00 e. The van der Waals surface area contributed by atoms with E-state index in [1.807, 2.05) is 0 Å². The zero-order valence-corrected chi connectivity index (χ0v) is 30.5. The van der Waals surface area contributed by atoms with Crippen LogP contribution in [0, 0.1) is 0 Å². The first-order valence-corrected chi connectivity index (χ1v) is 15.4. The van der Waals surface area contributed by atoms with Gasteiger partial charge in [0.15, 0.2) is 9.84 Å². The molecule has 0 fully saturated rings. The van der Waals surface area contributed by atoms with Gasteiger partial charge in [-0.3, -0.25) is 9.11 Å². The van der Waals surface area contributed by atoms with Gasteiger partial charge in [0, 0.05) is 5.39 Å². The molecule has 0 atom stereocenters. The van der Waals surface area contributed by atoms with E-state index in [-0.39, 0.29) is 99.4 Å². The molecular weight excluding hydrogens is 665 g/mol. The summed E-state index contributed by atoms with van der Waals surface area (Å²) in [5, 5.41) is 31.4. The molecule has 0 saturated carbocycles. The number of nitrogens with zero attached hydrogens (tertiary/aromatic N) is 2. The smallest absolute Gasteiger partial charge is 0.871 e. The summed E-state index contributed by atoms with van der Waals surface area (Å²) in [6.07, 6.45) is 0. The third-order valence-electron chi connectivity index (χ3n) is 4.70. The van der Waals surface area contributed by atoms with Crippen molar-refractivity contribution in [3.05, 3.63) is 42.5 Å². The van der Waals surface area contributed by atoms with Gasteiger partial charge in [0.1, 0.15) is 10.1 Å². The van der Waals surface area contributed by atoms with Crippen LogP contribution in [0.3, 0.4) is 0 Å². The quantitative estimate of drug-likeness (QED) is 0.121. The molecule has 0 aliphatic heterocycles. The molecular formula is C18H13N2Na3O14S4.